The van der Waals surface area contributed by atoms with Crippen molar-refractivity contribution in [3.63, 3.8) is 0 Å². The maximum absolute atomic E-state index is 5.16. The van der Waals surface area contributed by atoms with Crippen LogP contribution in [0.5, 0.6) is 0 Å². The van der Waals surface area contributed by atoms with Crippen LogP contribution in [0.1, 0.15) is 25.0 Å². The van der Waals surface area contributed by atoms with Crippen molar-refractivity contribution in [2.45, 2.75) is 19.3 Å². The zero-order valence-corrected chi connectivity index (χ0v) is 25.6. The normalized spacial score (nSPS) is 13.2. The summed E-state index contributed by atoms with van der Waals surface area (Å²) in [7, 11) is 0. The second kappa shape index (κ2) is 10.1. The van der Waals surface area contributed by atoms with Gasteiger partial charge in [-0.15, -0.1) is 0 Å². The molecule has 6 aromatic carbocycles. The highest BCUT2D eigenvalue weighted by Gasteiger charge is 2.36. The SMILES string of the molecule is CC1(C)c2ccccc2-c2cc3c4cc(-c5ccccc5)ccc4n(-c4nc(-c5ccccc5)nc(-c5ccccc5)n4)c3cc21. The van der Waals surface area contributed by atoms with Gasteiger partial charge in [-0.05, 0) is 57.6 Å². The lowest BCUT2D eigenvalue weighted by Gasteiger charge is -2.21. The molecule has 0 N–H and O–H groups in total. The second-order valence-corrected chi connectivity index (χ2v) is 12.5. The third-order valence-electron chi connectivity index (χ3n) is 9.46. The molecule has 0 saturated heterocycles. The Hall–Kier alpha value is -5.87. The average molecular weight is 591 g/mol. The van der Waals surface area contributed by atoms with Crippen LogP contribution in [0.2, 0.25) is 0 Å². The van der Waals surface area contributed by atoms with Crippen molar-refractivity contribution in [1.29, 1.82) is 0 Å². The quantitative estimate of drug-likeness (QED) is 0.205. The van der Waals surface area contributed by atoms with Gasteiger partial charge in [-0.1, -0.05) is 135 Å². The molecule has 0 spiro atoms. The number of hydrogen-bond donors (Lipinski definition) is 0. The fourth-order valence-corrected chi connectivity index (χ4v) is 7.14. The molecule has 0 atom stereocenters. The molecule has 2 aromatic heterocycles. The first-order valence-electron chi connectivity index (χ1n) is 15.7. The third kappa shape index (κ3) is 4.04. The van der Waals surface area contributed by atoms with Gasteiger partial charge in [0.2, 0.25) is 5.95 Å². The van der Waals surface area contributed by atoms with E-state index in [1.54, 1.807) is 0 Å². The summed E-state index contributed by atoms with van der Waals surface area (Å²) in [5.41, 5.74) is 11.6. The summed E-state index contributed by atoms with van der Waals surface area (Å²) >= 11 is 0. The van der Waals surface area contributed by atoms with Crippen LogP contribution >= 0.6 is 0 Å². The Balaban J connectivity index is 1.38. The van der Waals surface area contributed by atoms with E-state index in [9.17, 15) is 0 Å². The van der Waals surface area contributed by atoms with Crippen LogP contribution in [-0.2, 0) is 5.41 Å². The molecule has 4 nitrogen and oxygen atoms in total. The van der Waals surface area contributed by atoms with Gasteiger partial charge < -0.3 is 0 Å². The van der Waals surface area contributed by atoms with E-state index in [-0.39, 0.29) is 5.41 Å². The number of rotatable bonds is 4. The molecule has 2 heterocycles. The zero-order valence-electron chi connectivity index (χ0n) is 25.6. The van der Waals surface area contributed by atoms with E-state index < -0.39 is 0 Å². The van der Waals surface area contributed by atoms with Crippen LogP contribution in [0.25, 0.3) is 72.8 Å². The molecule has 0 fully saturated rings. The largest absolute Gasteiger partial charge is 0.278 e. The molecular formula is C42H30N4. The molecule has 8 aromatic rings. The summed E-state index contributed by atoms with van der Waals surface area (Å²) < 4.78 is 2.24. The Labute approximate surface area is 267 Å². The van der Waals surface area contributed by atoms with E-state index in [1.165, 1.54) is 44.2 Å². The van der Waals surface area contributed by atoms with Crippen molar-refractivity contribution >= 4 is 21.8 Å². The van der Waals surface area contributed by atoms with E-state index in [0.29, 0.717) is 17.6 Å². The minimum atomic E-state index is -0.139. The van der Waals surface area contributed by atoms with Gasteiger partial charge in [-0.25, -0.2) is 4.98 Å². The van der Waals surface area contributed by atoms with Gasteiger partial charge in [0.1, 0.15) is 0 Å². The highest BCUT2D eigenvalue weighted by Crippen LogP contribution is 2.51. The number of fused-ring (bicyclic) bond motifs is 6. The summed E-state index contributed by atoms with van der Waals surface area (Å²) in [6.07, 6.45) is 0. The lowest BCUT2D eigenvalue weighted by Crippen LogP contribution is -2.15. The van der Waals surface area contributed by atoms with E-state index in [2.05, 4.69) is 128 Å². The number of nitrogens with zero attached hydrogens (tertiary/aromatic N) is 4. The minimum Gasteiger partial charge on any atom is -0.278 e. The van der Waals surface area contributed by atoms with E-state index in [1.807, 2.05) is 36.4 Å². The topological polar surface area (TPSA) is 43.6 Å². The summed E-state index contributed by atoms with van der Waals surface area (Å²) in [6, 6.07) is 51.3. The van der Waals surface area contributed by atoms with Crippen molar-refractivity contribution in [2.24, 2.45) is 0 Å². The zero-order chi connectivity index (χ0) is 30.8. The molecule has 46 heavy (non-hydrogen) atoms. The Morgan fingerprint density at radius 3 is 1.65 bits per heavy atom. The van der Waals surface area contributed by atoms with Gasteiger partial charge >= 0.3 is 0 Å². The van der Waals surface area contributed by atoms with Crippen LogP contribution in [0.15, 0.2) is 146 Å². The number of hydrogen-bond acceptors (Lipinski definition) is 3. The smallest absolute Gasteiger partial charge is 0.238 e. The maximum atomic E-state index is 5.16. The fourth-order valence-electron chi connectivity index (χ4n) is 7.14. The molecule has 0 saturated carbocycles. The number of aromatic nitrogens is 4. The summed E-state index contributed by atoms with van der Waals surface area (Å²) in [4.78, 5) is 15.3. The highest BCUT2D eigenvalue weighted by molar-refractivity contribution is 6.12. The lowest BCUT2D eigenvalue weighted by molar-refractivity contribution is 0.661. The molecule has 218 valence electrons. The van der Waals surface area contributed by atoms with Gasteiger partial charge in [-0.3, -0.25) is 4.57 Å². The Morgan fingerprint density at radius 1 is 0.435 bits per heavy atom. The van der Waals surface area contributed by atoms with Gasteiger partial charge in [0, 0.05) is 27.3 Å². The van der Waals surface area contributed by atoms with E-state index in [0.717, 1.165) is 22.2 Å². The van der Waals surface area contributed by atoms with Gasteiger partial charge in [-0.2, -0.15) is 9.97 Å². The molecule has 0 aliphatic heterocycles. The molecule has 0 radical (unpaired) electrons. The Bertz CT molecular complexity index is 2370. The molecule has 0 amide bonds. The van der Waals surface area contributed by atoms with Gasteiger partial charge in [0.05, 0.1) is 11.0 Å². The van der Waals surface area contributed by atoms with E-state index >= 15 is 0 Å². The van der Waals surface area contributed by atoms with E-state index in [4.69, 9.17) is 15.0 Å². The fraction of sp³-hybridized carbons (Fsp3) is 0.0714. The second-order valence-electron chi connectivity index (χ2n) is 12.5. The van der Waals surface area contributed by atoms with Crippen LogP contribution in [0, 0.1) is 0 Å². The summed E-state index contributed by atoms with van der Waals surface area (Å²) in [6.45, 7) is 4.65. The van der Waals surface area contributed by atoms with Crippen LogP contribution in [0.3, 0.4) is 0 Å². The first-order valence-corrected chi connectivity index (χ1v) is 15.7. The first-order chi connectivity index (χ1) is 22.6. The first kappa shape index (κ1) is 26.5. The molecule has 4 heteroatoms. The monoisotopic (exact) mass is 590 g/mol. The highest BCUT2D eigenvalue weighted by atomic mass is 15.2. The van der Waals surface area contributed by atoms with Crippen molar-refractivity contribution in [3.8, 4) is 51.0 Å². The van der Waals surface area contributed by atoms with Gasteiger partial charge in [0.25, 0.3) is 0 Å². The van der Waals surface area contributed by atoms with Crippen LogP contribution in [-0.4, -0.2) is 19.5 Å². The molecule has 0 unspecified atom stereocenters. The summed E-state index contributed by atoms with van der Waals surface area (Å²) in [5, 5.41) is 2.35. The van der Waals surface area contributed by atoms with Crippen molar-refractivity contribution in [3.05, 3.63) is 157 Å². The minimum absolute atomic E-state index is 0.139. The predicted molar refractivity (Wildman–Crippen MR) is 188 cm³/mol. The van der Waals surface area contributed by atoms with Gasteiger partial charge in [0.15, 0.2) is 11.6 Å². The Morgan fingerprint density at radius 2 is 1.00 bits per heavy atom. The third-order valence-corrected chi connectivity index (χ3v) is 9.46. The molecule has 9 rings (SSSR count). The number of benzene rings is 6. The molecular weight excluding hydrogens is 560 g/mol. The Kier molecular flexibility index (Phi) is 5.81. The van der Waals surface area contributed by atoms with Crippen LogP contribution < -0.4 is 0 Å². The lowest BCUT2D eigenvalue weighted by atomic mass is 9.82. The predicted octanol–water partition coefficient (Wildman–Crippen LogP) is 10.3. The van der Waals surface area contributed by atoms with Crippen molar-refractivity contribution in [1.82, 2.24) is 19.5 Å². The standard InChI is InChI=1S/C42H30N4/c1-42(2)35-21-13-12-20-31(35)32-25-34-33-24-30(27-14-6-3-7-15-27)22-23-37(33)46(38(34)26-36(32)42)41-44-39(28-16-8-4-9-17-28)43-40(45-41)29-18-10-5-11-19-29/h3-26H,1-2H3. The molecule has 1 aliphatic rings. The van der Waals surface area contributed by atoms with Crippen LogP contribution in [0.4, 0.5) is 0 Å². The molecule has 0 bridgehead atoms. The van der Waals surface area contributed by atoms with Crippen molar-refractivity contribution in [2.75, 3.05) is 0 Å². The molecule has 1 aliphatic carbocycles. The summed E-state index contributed by atoms with van der Waals surface area (Å²) in [5.74, 6) is 1.90. The average Bonchev–Trinajstić information content (AvgIpc) is 3.56. The maximum Gasteiger partial charge on any atom is 0.238 e. The van der Waals surface area contributed by atoms with Crippen molar-refractivity contribution < 1.29 is 0 Å².